The van der Waals surface area contributed by atoms with Crippen molar-refractivity contribution < 1.29 is 9.50 Å². The van der Waals surface area contributed by atoms with Crippen molar-refractivity contribution in [3.8, 4) is 0 Å². The molecular formula is C14H15FN6O. The summed E-state index contributed by atoms with van der Waals surface area (Å²) in [6.45, 7) is 1.78. The molecule has 0 spiro atoms. The van der Waals surface area contributed by atoms with E-state index in [0.29, 0.717) is 0 Å². The van der Waals surface area contributed by atoms with Crippen molar-refractivity contribution in [3.05, 3.63) is 60.7 Å². The summed E-state index contributed by atoms with van der Waals surface area (Å²) in [4.78, 5) is 3.86. The summed E-state index contributed by atoms with van der Waals surface area (Å²) in [6, 6.07) is 5.57. The number of aromatic nitrogens is 6. The van der Waals surface area contributed by atoms with E-state index in [1.54, 1.807) is 31.3 Å². The Balaban J connectivity index is 2.07. The third kappa shape index (κ3) is 2.48. The van der Waals surface area contributed by atoms with Gasteiger partial charge in [-0.1, -0.05) is 23.4 Å². The molecule has 3 aromatic rings. The molecule has 0 amide bonds. The van der Waals surface area contributed by atoms with Crippen LogP contribution in [0.3, 0.4) is 0 Å². The van der Waals surface area contributed by atoms with Gasteiger partial charge in [-0.25, -0.2) is 18.7 Å². The van der Waals surface area contributed by atoms with Gasteiger partial charge < -0.3 is 5.11 Å². The largest absolute Gasteiger partial charge is 0.381 e. The molecule has 8 heteroatoms. The molecule has 1 N–H and O–H groups in total. The van der Waals surface area contributed by atoms with Gasteiger partial charge in [0.15, 0.2) is 0 Å². The lowest BCUT2D eigenvalue weighted by molar-refractivity contribution is -0.0373. The standard InChI is InChI=1S/C14H15FN6O/c1-11(21-7-6-17-19-21)14(22,8-20-10-16-9-18-20)12-4-2-3-5-13(12)15/h2-7,9-11,22H,8H2,1H3/t11-,14-/m0/s1. The van der Waals surface area contributed by atoms with Crippen molar-refractivity contribution in [1.82, 2.24) is 29.8 Å². The van der Waals surface area contributed by atoms with E-state index < -0.39 is 17.5 Å². The normalized spacial score (nSPS) is 15.4. The second-order valence-electron chi connectivity index (χ2n) is 5.06. The van der Waals surface area contributed by atoms with E-state index in [-0.39, 0.29) is 12.1 Å². The third-order valence-corrected chi connectivity index (χ3v) is 3.74. The Bertz CT molecular complexity index is 730. The molecule has 114 valence electrons. The fourth-order valence-electron chi connectivity index (χ4n) is 2.46. The molecule has 0 aliphatic rings. The zero-order valence-electron chi connectivity index (χ0n) is 11.9. The number of hydrogen-bond acceptors (Lipinski definition) is 5. The highest BCUT2D eigenvalue weighted by Gasteiger charge is 2.40. The Morgan fingerprint density at radius 3 is 2.82 bits per heavy atom. The number of nitrogens with zero attached hydrogens (tertiary/aromatic N) is 6. The fraction of sp³-hybridized carbons (Fsp3) is 0.286. The summed E-state index contributed by atoms with van der Waals surface area (Å²) in [5.74, 6) is -0.489. The maximum Gasteiger partial charge on any atom is 0.137 e. The summed E-state index contributed by atoms with van der Waals surface area (Å²) in [6.07, 6.45) is 5.97. The quantitative estimate of drug-likeness (QED) is 0.765. The highest BCUT2D eigenvalue weighted by atomic mass is 19.1. The zero-order valence-corrected chi connectivity index (χ0v) is 11.9. The molecule has 2 atom stereocenters. The van der Waals surface area contributed by atoms with Gasteiger partial charge in [0.25, 0.3) is 0 Å². The Labute approximate surface area is 126 Å². The smallest absolute Gasteiger partial charge is 0.137 e. The second kappa shape index (κ2) is 5.64. The topological polar surface area (TPSA) is 81.6 Å². The van der Waals surface area contributed by atoms with E-state index in [9.17, 15) is 9.50 Å². The van der Waals surface area contributed by atoms with Crippen molar-refractivity contribution in [2.45, 2.75) is 25.1 Å². The fourth-order valence-corrected chi connectivity index (χ4v) is 2.46. The second-order valence-corrected chi connectivity index (χ2v) is 5.06. The molecule has 0 bridgehead atoms. The molecule has 7 nitrogen and oxygen atoms in total. The van der Waals surface area contributed by atoms with Gasteiger partial charge in [-0.15, -0.1) is 5.10 Å². The van der Waals surface area contributed by atoms with Gasteiger partial charge in [0.05, 0.1) is 18.8 Å². The maximum atomic E-state index is 14.3. The van der Waals surface area contributed by atoms with Crippen LogP contribution in [-0.4, -0.2) is 34.9 Å². The predicted molar refractivity (Wildman–Crippen MR) is 75.1 cm³/mol. The van der Waals surface area contributed by atoms with Crippen LogP contribution in [0.15, 0.2) is 49.3 Å². The maximum absolute atomic E-state index is 14.3. The molecule has 22 heavy (non-hydrogen) atoms. The first kappa shape index (κ1) is 14.3. The number of aliphatic hydroxyl groups is 1. The van der Waals surface area contributed by atoms with Gasteiger partial charge in [0.2, 0.25) is 0 Å². The van der Waals surface area contributed by atoms with Crippen LogP contribution in [0.2, 0.25) is 0 Å². The number of benzene rings is 1. The monoisotopic (exact) mass is 302 g/mol. The summed E-state index contributed by atoms with van der Waals surface area (Å²) in [5, 5.41) is 22.9. The molecule has 0 unspecified atom stereocenters. The van der Waals surface area contributed by atoms with E-state index >= 15 is 0 Å². The van der Waals surface area contributed by atoms with Crippen molar-refractivity contribution >= 4 is 0 Å². The molecule has 2 heterocycles. The van der Waals surface area contributed by atoms with Crippen LogP contribution in [-0.2, 0) is 12.1 Å². The highest BCUT2D eigenvalue weighted by Crippen LogP contribution is 2.35. The molecule has 0 aliphatic heterocycles. The van der Waals surface area contributed by atoms with E-state index in [2.05, 4.69) is 20.4 Å². The lowest BCUT2D eigenvalue weighted by Gasteiger charge is -2.34. The van der Waals surface area contributed by atoms with Gasteiger partial charge in [-0.2, -0.15) is 5.10 Å². The van der Waals surface area contributed by atoms with Crippen LogP contribution in [0.5, 0.6) is 0 Å². The lowest BCUT2D eigenvalue weighted by atomic mass is 9.86. The average molecular weight is 302 g/mol. The molecule has 0 saturated heterocycles. The van der Waals surface area contributed by atoms with E-state index in [1.807, 2.05) is 0 Å². The summed E-state index contributed by atoms with van der Waals surface area (Å²) in [5.41, 5.74) is -1.39. The Morgan fingerprint density at radius 1 is 1.36 bits per heavy atom. The Kier molecular flexibility index (Phi) is 3.68. The van der Waals surface area contributed by atoms with Crippen LogP contribution in [0.25, 0.3) is 0 Å². The van der Waals surface area contributed by atoms with Gasteiger partial charge in [-0.05, 0) is 13.0 Å². The van der Waals surface area contributed by atoms with Crippen LogP contribution in [0.1, 0.15) is 18.5 Å². The first-order valence-electron chi connectivity index (χ1n) is 6.77. The Morgan fingerprint density at radius 2 is 2.18 bits per heavy atom. The molecular weight excluding hydrogens is 287 g/mol. The van der Waals surface area contributed by atoms with Crippen molar-refractivity contribution in [2.24, 2.45) is 0 Å². The molecule has 3 rings (SSSR count). The first-order chi connectivity index (χ1) is 10.6. The summed E-state index contributed by atoms with van der Waals surface area (Å²) < 4.78 is 17.2. The van der Waals surface area contributed by atoms with Gasteiger partial charge in [-0.3, -0.25) is 0 Å². The molecule has 2 aromatic heterocycles. The van der Waals surface area contributed by atoms with Crippen molar-refractivity contribution in [2.75, 3.05) is 0 Å². The molecule has 1 aromatic carbocycles. The Hall–Kier alpha value is -2.61. The molecule has 0 fully saturated rings. The van der Waals surface area contributed by atoms with E-state index in [1.165, 1.54) is 34.3 Å². The van der Waals surface area contributed by atoms with E-state index in [0.717, 1.165) is 0 Å². The minimum absolute atomic E-state index is 0.0367. The van der Waals surface area contributed by atoms with Gasteiger partial charge >= 0.3 is 0 Å². The van der Waals surface area contributed by atoms with Crippen molar-refractivity contribution in [1.29, 1.82) is 0 Å². The zero-order chi connectivity index (χ0) is 15.6. The van der Waals surface area contributed by atoms with Crippen LogP contribution < -0.4 is 0 Å². The van der Waals surface area contributed by atoms with E-state index in [4.69, 9.17) is 0 Å². The number of hydrogen-bond donors (Lipinski definition) is 1. The summed E-state index contributed by atoms with van der Waals surface area (Å²) >= 11 is 0. The van der Waals surface area contributed by atoms with Crippen LogP contribution >= 0.6 is 0 Å². The van der Waals surface area contributed by atoms with Crippen LogP contribution in [0.4, 0.5) is 4.39 Å². The number of halogens is 1. The van der Waals surface area contributed by atoms with Gasteiger partial charge in [0, 0.05) is 11.8 Å². The van der Waals surface area contributed by atoms with Crippen LogP contribution in [0, 0.1) is 5.82 Å². The molecule has 0 aliphatic carbocycles. The minimum atomic E-state index is -1.56. The SMILES string of the molecule is C[C@H](n1ccnn1)[C@@](O)(Cn1cncn1)c1ccccc1F. The minimum Gasteiger partial charge on any atom is -0.381 e. The number of rotatable bonds is 5. The summed E-state index contributed by atoms with van der Waals surface area (Å²) in [7, 11) is 0. The highest BCUT2D eigenvalue weighted by molar-refractivity contribution is 5.25. The average Bonchev–Trinajstić information content (AvgIpc) is 3.20. The lowest BCUT2D eigenvalue weighted by Crippen LogP contribution is -2.40. The van der Waals surface area contributed by atoms with Gasteiger partial charge in [0.1, 0.15) is 24.1 Å². The molecule has 0 radical (unpaired) electrons. The molecule has 0 saturated carbocycles. The first-order valence-corrected chi connectivity index (χ1v) is 6.77. The predicted octanol–water partition coefficient (Wildman–Crippen LogP) is 1.16. The third-order valence-electron chi connectivity index (χ3n) is 3.74. The van der Waals surface area contributed by atoms with Crippen molar-refractivity contribution in [3.63, 3.8) is 0 Å².